The van der Waals surface area contributed by atoms with Crippen LogP contribution in [0.1, 0.15) is 155 Å². The lowest BCUT2D eigenvalue weighted by Crippen LogP contribution is -1.93. The summed E-state index contributed by atoms with van der Waals surface area (Å²) in [5, 5.41) is 10.8. The van der Waals surface area contributed by atoms with Crippen LogP contribution in [-0.4, -0.2) is 17.7 Å². The molecule has 186 valence electrons. The zero-order valence-electron chi connectivity index (χ0n) is 20.9. The Morgan fingerprint density at radius 1 is 0.581 bits per heavy atom. The molecule has 0 aromatic heterocycles. The smallest absolute Gasteiger partial charge is 0.303 e. The first-order chi connectivity index (χ1) is 15.2. The van der Waals surface area contributed by atoms with Gasteiger partial charge in [-0.2, -0.15) is 0 Å². The number of unbranched alkanes of at least 4 members (excludes halogenated alkanes) is 19. The fourth-order valence-corrected chi connectivity index (χ4v) is 3.63. The normalized spacial score (nSPS) is 10.4. The Labute approximate surface area is 193 Å². The van der Waals surface area contributed by atoms with E-state index in [-0.39, 0.29) is 0 Å². The molecule has 0 aromatic carbocycles. The van der Waals surface area contributed by atoms with Gasteiger partial charge < -0.3 is 9.94 Å². The number of carboxylic acid groups (broad SMARTS) is 1. The van der Waals surface area contributed by atoms with Crippen LogP contribution in [0.5, 0.6) is 0 Å². The molecular weight excluding hydrogens is 390 g/mol. The van der Waals surface area contributed by atoms with Gasteiger partial charge in [0.1, 0.15) is 6.61 Å². The Morgan fingerprint density at radius 3 is 1.23 bits per heavy atom. The summed E-state index contributed by atoms with van der Waals surface area (Å²) in [5.74, 6) is -0.653. The minimum atomic E-state index is -0.653. The van der Waals surface area contributed by atoms with Gasteiger partial charge in [0.25, 0.3) is 0 Å². The van der Waals surface area contributed by atoms with Crippen molar-refractivity contribution in [1.29, 1.82) is 0 Å². The van der Waals surface area contributed by atoms with Crippen molar-refractivity contribution in [2.75, 3.05) is 6.61 Å². The van der Waals surface area contributed by atoms with E-state index in [0.717, 1.165) is 25.7 Å². The third-order valence-electron chi connectivity index (χ3n) is 5.64. The molecule has 0 fully saturated rings. The number of hydrogen-bond acceptors (Lipinski definition) is 4. The number of hydrogen-bond donors (Lipinski definition) is 1. The zero-order valence-corrected chi connectivity index (χ0v) is 20.9. The van der Waals surface area contributed by atoms with Crippen molar-refractivity contribution in [3.05, 3.63) is 4.91 Å². The number of carbonyl (C=O) groups is 1. The van der Waals surface area contributed by atoms with Gasteiger partial charge in [0.15, 0.2) is 5.34 Å². The van der Waals surface area contributed by atoms with Crippen LogP contribution >= 0.6 is 0 Å². The maximum Gasteiger partial charge on any atom is 0.303 e. The molecule has 0 radical (unpaired) electrons. The van der Waals surface area contributed by atoms with E-state index in [4.69, 9.17) is 5.11 Å². The van der Waals surface area contributed by atoms with Gasteiger partial charge in [-0.1, -0.05) is 129 Å². The van der Waals surface area contributed by atoms with Crippen molar-refractivity contribution in [1.82, 2.24) is 0 Å². The summed E-state index contributed by atoms with van der Waals surface area (Å²) in [5.41, 5.74) is 0. The van der Waals surface area contributed by atoms with Crippen molar-refractivity contribution < 1.29 is 14.7 Å². The van der Waals surface area contributed by atoms with Crippen LogP contribution in [0.4, 0.5) is 0 Å². The molecule has 1 N–H and O–H groups in total. The van der Waals surface area contributed by atoms with E-state index in [1.165, 1.54) is 109 Å². The monoisotopic (exact) mass is 443 g/mol. The van der Waals surface area contributed by atoms with Crippen molar-refractivity contribution in [3.63, 3.8) is 0 Å². The Kier molecular flexibility index (Phi) is 32.1. The van der Waals surface area contributed by atoms with Crippen molar-refractivity contribution >= 4 is 5.97 Å². The molecule has 0 aliphatic carbocycles. The highest BCUT2D eigenvalue weighted by Gasteiger charge is 1.97. The van der Waals surface area contributed by atoms with E-state index in [2.05, 4.69) is 24.0 Å². The molecule has 0 aromatic rings. The molecule has 0 spiro atoms. The van der Waals surface area contributed by atoms with Gasteiger partial charge in [0.2, 0.25) is 0 Å². The Hall–Kier alpha value is -1.13. The topological polar surface area (TPSA) is 76.0 Å². The van der Waals surface area contributed by atoms with Crippen molar-refractivity contribution in [3.8, 4) is 0 Å². The minimum Gasteiger partial charge on any atom is -0.481 e. The average molecular weight is 444 g/mol. The molecule has 5 heteroatoms. The van der Waals surface area contributed by atoms with Crippen LogP contribution in [0.25, 0.3) is 0 Å². The maximum absolute atomic E-state index is 10.3. The summed E-state index contributed by atoms with van der Waals surface area (Å²) in [6, 6.07) is 0. The van der Waals surface area contributed by atoms with Crippen molar-refractivity contribution in [2.45, 2.75) is 155 Å². The standard InChI is InChI=1S/C18H36O2.C8H17NO2/c1-2-3-4-5-6-7-8-9-10-11-12-13-14-15-16-17-18(19)20;1-2-3-4-5-6-7-8-11-9-10/h2-17H2,1H3,(H,19,20);2-8H2,1H3. The number of carboxylic acids is 1. The van der Waals surface area contributed by atoms with Gasteiger partial charge in [-0.15, -0.1) is 4.91 Å². The first-order valence-electron chi connectivity index (χ1n) is 13.3. The maximum atomic E-state index is 10.3. The van der Waals surface area contributed by atoms with Crippen LogP contribution in [0.3, 0.4) is 0 Å². The number of rotatable bonds is 24. The molecule has 0 aliphatic heterocycles. The van der Waals surface area contributed by atoms with E-state index >= 15 is 0 Å². The molecular formula is C26H53NO4. The zero-order chi connectivity index (χ0) is 23.3. The van der Waals surface area contributed by atoms with E-state index in [0.29, 0.717) is 13.0 Å². The lowest BCUT2D eigenvalue weighted by molar-refractivity contribution is -0.137. The van der Waals surface area contributed by atoms with Gasteiger partial charge in [0, 0.05) is 6.42 Å². The molecule has 0 aliphatic rings. The summed E-state index contributed by atoms with van der Waals surface area (Å²) in [4.78, 5) is 24.1. The molecule has 0 unspecified atom stereocenters. The molecule has 0 atom stereocenters. The summed E-state index contributed by atoms with van der Waals surface area (Å²) < 4.78 is 0. The second-order valence-electron chi connectivity index (χ2n) is 8.77. The molecule has 0 saturated heterocycles. The Balaban J connectivity index is 0. The SMILES string of the molecule is CCCCCCCCCCCCCCCCCC(=O)O.CCCCCCCCON=O. The fourth-order valence-electron chi connectivity index (χ4n) is 3.63. The fraction of sp³-hybridized carbons (Fsp3) is 0.962. The molecule has 31 heavy (non-hydrogen) atoms. The first kappa shape index (κ1) is 32.1. The molecule has 0 rings (SSSR count). The highest BCUT2D eigenvalue weighted by atomic mass is 16.7. The Bertz CT molecular complexity index is 350. The highest BCUT2D eigenvalue weighted by Crippen LogP contribution is 2.13. The van der Waals surface area contributed by atoms with Gasteiger partial charge in [-0.05, 0) is 19.3 Å². The summed E-state index contributed by atoms with van der Waals surface area (Å²) in [6.45, 7) is 4.95. The average Bonchev–Trinajstić information content (AvgIpc) is 2.76. The number of aliphatic carboxylic acids is 1. The van der Waals surface area contributed by atoms with Crippen LogP contribution < -0.4 is 0 Å². The Morgan fingerprint density at radius 2 is 0.903 bits per heavy atom. The van der Waals surface area contributed by atoms with Gasteiger partial charge in [-0.25, -0.2) is 0 Å². The summed E-state index contributed by atoms with van der Waals surface area (Å²) in [6.07, 6.45) is 27.4. The third-order valence-corrected chi connectivity index (χ3v) is 5.64. The number of nitrogens with zero attached hydrogens (tertiary/aromatic N) is 1. The third kappa shape index (κ3) is 36.6. The summed E-state index contributed by atoms with van der Waals surface area (Å²) in [7, 11) is 0. The molecule has 0 saturated carbocycles. The predicted octanol–water partition coefficient (Wildman–Crippen LogP) is 9.38. The van der Waals surface area contributed by atoms with Crippen LogP contribution in [0, 0.1) is 4.91 Å². The van der Waals surface area contributed by atoms with Gasteiger partial charge >= 0.3 is 5.97 Å². The first-order valence-corrected chi connectivity index (χ1v) is 13.3. The predicted molar refractivity (Wildman–Crippen MR) is 132 cm³/mol. The molecule has 0 amide bonds. The molecule has 5 nitrogen and oxygen atoms in total. The minimum absolute atomic E-state index is 0.345. The van der Waals surface area contributed by atoms with Crippen LogP contribution in [0.2, 0.25) is 0 Å². The summed E-state index contributed by atoms with van der Waals surface area (Å²) >= 11 is 0. The second kappa shape index (κ2) is 31.1. The van der Waals surface area contributed by atoms with Gasteiger partial charge in [0.05, 0.1) is 0 Å². The van der Waals surface area contributed by atoms with E-state index in [9.17, 15) is 9.70 Å². The van der Waals surface area contributed by atoms with Crippen LogP contribution in [-0.2, 0) is 9.63 Å². The van der Waals surface area contributed by atoms with Crippen LogP contribution in [0.15, 0.2) is 5.34 Å². The highest BCUT2D eigenvalue weighted by molar-refractivity contribution is 5.66. The largest absolute Gasteiger partial charge is 0.481 e. The lowest BCUT2D eigenvalue weighted by atomic mass is 10.0. The van der Waals surface area contributed by atoms with E-state index in [1.807, 2.05) is 0 Å². The second-order valence-corrected chi connectivity index (χ2v) is 8.77. The van der Waals surface area contributed by atoms with Crippen molar-refractivity contribution in [2.24, 2.45) is 5.34 Å². The van der Waals surface area contributed by atoms with E-state index < -0.39 is 5.97 Å². The van der Waals surface area contributed by atoms with Gasteiger partial charge in [-0.3, -0.25) is 4.79 Å². The van der Waals surface area contributed by atoms with E-state index in [1.54, 1.807) is 0 Å². The lowest BCUT2D eigenvalue weighted by Gasteiger charge is -2.03. The molecule has 0 heterocycles. The molecule has 0 bridgehead atoms. The quantitative estimate of drug-likeness (QED) is 0.0915.